The minimum atomic E-state index is -0.789. The van der Waals surface area contributed by atoms with Crippen molar-refractivity contribution < 1.29 is 23.5 Å². The fourth-order valence-corrected chi connectivity index (χ4v) is 3.29. The molecule has 0 bridgehead atoms. The number of nitrogens with zero attached hydrogens (tertiary/aromatic N) is 1. The number of esters is 1. The van der Waals surface area contributed by atoms with Crippen molar-refractivity contribution in [2.75, 3.05) is 19.9 Å². The number of aryl methyl sites for hydroxylation is 1. The average Bonchev–Trinajstić information content (AvgIpc) is 3.13. The highest BCUT2D eigenvalue weighted by molar-refractivity contribution is 6.01. The van der Waals surface area contributed by atoms with Crippen molar-refractivity contribution in [3.05, 3.63) is 63.7 Å². The van der Waals surface area contributed by atoms with E-state index in [2.05, 4.69) is 4.98 Å². The first-order valence-electron chi connectivity index (χ1n) is 9.74. The summed E-state index contributed by atoms with van der Waals surface area (Å²) in [5.74, 6) is -0.985. The molecule has 0 radical (unpaired) electrons. The van der Waals surface area contributed by atoms with Crippen LogP contribution in [-0.2, 0) is 17.7 Å². The minimum Gasteiger partial charge on any atom is -0.487 e. The number of hydrogen-bond donors (Lipinski definition) is 1. The summed E-state index contributed by atoms with van der Waals surface area (Å²) < 4.78 is 24.5. The van der Waals surface area contributed by atoms with Gasteiger partial charge in [-0.3, -0.25) is 9.59 Å². The molecule has 0 aliphatic rings. The molecule has 3 aromatic rings. The van der Waals surface area contributed by atoms with Gasteiger partial charge >= 0.3 is 5.97 Å². The lowest BCUT2D eigenvalue weighted by Crippen LogP contribution is -2.27. The third-order valence-corrected chi connectivity index (χ3v) is 4.66. The predicted octanol–water partition coefficient (Wildman–Crippen LogP) is 3.30. The molecule has 7 nitrogen and oxygen atoms in total. The summed E-state index contributed by atoms with van der Waals surface area (Å²) >= 11 is 0. The highest BCUT2D eigenvalue weighted by Crippen LogP contribution is 2.29. The van der Waals surface area contributed by atoms with E-state index in [4.69, 9.17) is 9.47 Å². The number of H-pyrrole nitrogens is 1. The number of rotatable bonds is 9. The molecule has 1 aromatic carbocycles. The molecule has 0 fully saturated rings. The number of aromatic nitrogens is 2. The molecule has 0 saturated carbocycles. The zero-order chi connectivity index (χ0) is 21.7. The third-order valence-electron chi connectivity index (χ3n) is 4.66. The number of fused-ring (bicyclic) bond motifs is 1. The standard InChI is InChI=1S/C22H23FN2O5/c1-3-15-12-16-18(20(30-11-10-23)19(24-16)22(28)29-4-2)21(27)25(15)13-17(26)14-8-6-5-7-9-14/h5-9,12,24H,3-4,10-11,13H2,1-2H3. The van der Waals surface area contributed by atoms with Crippen LogP contribution in [0.3, 0.4) is 0 Å². The van der Waals surface area contributed by atoms with Gasteiger partial charge in [-0.25, -0.2) is 9.18 Å². The lowest BCUT2D eigenvalue weighted by atomic mass is 10.1. The summed E-state index contributed by atoms with van der Waals surface area (Å²) in [4.78, 5) is 41.2. The van der Waals surface area contributed by atoms with Crippen LogP contribution in [0, 0.1) is 0 Å². The Hall–Kier alpha value is -3.42. The Morgan fingerprint density at radius 2 is 1.90 bits per heavy atom. The van der Waals surface area contributed by atoms with Crippen molar-refractivity contribution in [1.82, 2.24) is 9.55 Å². The number of nitrogens with one attached hydrogen (secondary N) is 1. The van der Waals surface area contributed by atoms with Gasteiger partial charge in [-0.2, -0.15) is 0 Å². The van der Waals surface area contributed by atoms with Crippen LogP contribution >= 0.6 is 0 Å². The summed E-state index contributed by atoms with van der Waals surface area (Å²) in [7, 11) is 0. The molecule has 30 heavy (non-hydrogen) atoms. The fraction of sp³-hybridized carbons (Fsp3) is 0.318. The number of pyridine rings is 1. The smallest absolute Gasteiger partial charge is 0.358 e. The van der Waals surface area contributed by atoms with E-state index in [0.29, 0.717) is 23.2 Å². The number of ketones is 1. The number of Topliss-reactive ketones (excluding diaryl/α,β-unsaturated/α-hetero) is 1. The largest absolute Gasteiger partial charge is 0.487 e. The first-order chi connectivity index (χ1) is 14.5. The molecule has 158 valence electrons. The molecule has 0 aliphatic heterocycles. The van der Waals surface area contributed by atoms with Crippen molar-refractivity contribution in [3.8, 4) is 5.75 Å². The lowest BCUT2D eigenvalue weighted by molar-refractivity contribution is 0.0515. The molecule has 0 atom stereocenters. The van der Waals surface area contributed by atoms with E-state index >= 15 is 0 Å². The molecule has 3 rings (SSSR count). The first kappa shape index (κ1) is 21.3. The Morgan fingerprint density at radius 1 is 1.17 bits per heavy atom. The summed E-state index contributed by atoms with van der Waals surface area (Å²) in [5.41, 5.74) is 0.935. The number of carbonyl (C=O) groups excluding carboxylic acids is 2. The Bertz CT molecular complexity index is 1120. The first-order valence-corrected chi connectivity index (χ1v) is 9.74. The molecule has 1 N–H and O–H groups in total. The van der Waals surface area contributed by atoms with Gasteiger partial charge in [-0.15, -0.1) is 0 Å². The van der Waals surface area contributed by atoms with Crippen LogP contribution in [-0.4, -0.2) is 41.2 Å². The van der Waals surface area contributed by atoms with Crippen LogP contribution in [0.1, 0.15) is 40.4 Å². The van der Waals surface area contributed by atoms with Gasteiger partial charge in [0.15, 0.2) is 17.2 Å². The fourth-order valence-electron chi connectivity index (χ4n) is 3.29. The van der Waals surface area contributed by atoms with Crippen LogP contribution < -0.4 is 10.3 Å². The van der Waals surface area contributed by atoms with E-state index in [0.717, 1.165) is 0 Å². The average molecular weight is 414 g/mol. The maximum Gasteiger partial charge on any atom is 0.358 e. The number of ether oxygens (including phenoxy) is 2. The summed E-state index contributed by atoms with van der Waals surface area (Å²) in [6.45, 7) is 2.37. The molecule has 0 amide bonds. The second-order valence-electron chi connectivity index (χ2n) is 6.55. The minimum absolute atomic E-state index is 0.0495. The van der Waals surface area contributed by atoms with Gasteiger partial charge < -0.3 is 19.0 Å². The second kappa shape index (κ2) is 9.39. The van der Waals surface area contributed by atoms with Gasteiger partial charge in [0.1, 0.15) is 18.7 Å². The van der Waals surface area contributed by atoms with Gasteiger partial charge in [0.25, 0.3) is 5.56 Å². The number of alkyl halides is 1. The SMILES string of the molecule is CCOC(=O)c1[nH]c2cc(CC)n(CC(=O)c3ccccc3)c(=O)c2c1OCCF. The van der Waals surface area contributed by atoms with E-state index in [1.807, 2.05) is 6.92 Å². The number of benzene rings is 1. The van der Waals surface area contributed by atoms with Gasteiger partial charge in [-0.1, -0.05) is 37.3 Å². The van der Waals surface area contributed by atoms with Crippen LogP contribution in [0.4, 0.5) is 4.39 Å². The van der Waals surface area contributed by atoms with Crippen molar-refractivity contribution in [2.24, 2.45) is 0 Å². The van der Waals surface area contributed by atoms with Gasteiger partial charge in [0.2, 0.25) is 0 Å². The molecule has 0 aliphatic carbocycles. The number of aromatic amines is 1. The number of hydrogen-bond acceptors (Lipinski definition) is 5. The van der Waals surface area contributed by atoms with Crippen molar-refractivity contribution in [2.45, 2.75) is 26.8 Å². The Labute approximate surface area is 172 Å². The topological polar surface area (TPSA) is 90.4 Å². The summed E-state index contributed by atoms with van der Waals surface area (Å²) in [6, 6.07) is 10.4. The van der Waals surface area contributed by atoms with Crippen molar-refractivity contribution in [1.29, 1.82) is 0 Å². The van der Waals surface area contributed by atoms with Crippen molar-refractivity contribution in [3.63, 3.8) is 0 Å². The van der Waals surface area contributed by atoms with Gasteiger partial charge in [0.05, 0.1) is 18.7 Å². The van der Waals surface area contributed by atoms with Crippen molar-refractivity contribution >= 4 is 22.7 Å². The summed E-state index contributed by atoms with van der Waals surface area (Å²) in [5, 5.41) is 0.0876. The normalized spacial score (nSPS) is 10.9. The molecule has 8 heteroatoms. The number of carbonyl (C=O) groups is 2. The Balaban J connectivity index is 2.16. The molecule has 0 saturated heterocycles. The Morgan fingerprint density at radius 3 is 2.53 bits per heavy atom. The highest BCUT2D eigenvalue weighted by atomic mass is 19.1. The Kier molecular flexibility index (Phi) is 6.66. The molecule has 2 heterocycles. The van der Waals surface area contributed by atoms with Crippen LogP contribution in [0.15, 0.2) is 41.2 Å². The highest BCUT2D eigenvalue weighted by Gasteiger charge is 2.25. The van der Waals surface area contributed by atoms with Crippen LogP contribution in [0.2, 0.25) is 0 Å². The number of halogens is 1. The zero-order valence-corrected chi connectivity index (χ0v) is 16.9. The third kappa shape index (κ3) is 4.12. The predicted molar refractivity (Wildman–Crippen MR) is 110 cm³/mol. The maximum absolute atomic E-state index is 13.3. The van der Waals surface area contributed by atoms with E-state index < -0.39 is 18.2 Å². The molecule has 2 aromatic heterocycles. The monoisotopic (exact) mass is 414 g/mol. The quantitative estimate of drug-likeness (QED) is 0.429. The second-order valence-corrected chi connectivity index (χ2v) is 6.55. The summed E-state index contributed by atoms with van der Waals surface area (Å²) in [6.07, 6.45) is 0.488. The van der Waals surface area contributed by atoms with E-state index in [1.54, 1.807) is 43.3 Å². The van der Waals surface area contributed by atoms with E-state index in [9.17, 15) is 18.8 Å². The van der Waals surface area contributed by atoms with Gasteiger partial charge in [-0.05, 0) is 19.4 Å². The maximum atomic E-state index is 13.3. The lowest BCUT2D eigenvalue weighted by Gasteiger charge is -2.12. The molecule has 0 spiro atoms. The van der Waals surface area contributed by atoms with E-state index in [-0.39, 0.29) is 42.4 Å². The molecular weight excluding hydrogens is 391 g/mol. The zero-order valence-electron chi connectivity index (χ0n) is 16.9. The van der Waals surface area contributed by atoms with E-state index in [1.165, 1.54) is 4.57 Å². The van der Waals surface area contributed by atoms with Gasteiger partial charge in [0, 0.05) is 11.3 Å². The van der Waals surface area contributed by atoms with Crippen LogP contribution in [0.5, 0.6) is 5.75 Å². The molecular formula is C22H23FN2O5. The van der Waals surface area contributed by atoms with Crippen LogP contribution in [0.25, 0.3) is 10.9 Å². The molecule has 0 unspecified atom stereocenters.